The largest absolute Gasteiger partial charge is 0.466 e. The molecule has 19 heavy (non-hydrogen) atoms. The fraction of sp³-hybridized carbons (Fsp3) is 0.417. The number of aliphatic hydroxyl groups excluding tert-OH is 2. The first-order valence-corrected chi connectivity index (χ1v) is 5.63. The Hall–Kier alpha value is -1.73. The monoisotopic (exact) mass is 275 g/mol. The molecular formula is C12H15F2NO4. The van der Waals surface area contributed by atoms with Gasteiger partial charge in [0.2, 0.25) is 0 Å². The molecule has 1 aromatic rings. The molecule has 0 aromatic heterocycles. The maximum absolute atomic E-state index is 13.5. The first-order valence-electron chi connectivity index (χ1n) is 5.63. The zero-order chi connectivity index (χ0) is 14.6. The molecule has 0 saturated heterocycles. The van der Waals surface area contributed by atoms with E-state index in [-0.39, 0.29) is 12.3 Å². The van der Waals surface area contributed by atoms with Crippen LogP contribution in [0.5, 0.6) is 0 Å². The van der Waals surface area contributed by atoms with Crippen molar-refractivity contribution in [1.82, 2.24) is 0 Å². The van der Waals surface area contributed by atoms with Crippen LogP contribution in [0, 0.1) is 11.6 Å². The lowest BCUT2D eigenvalue weighted by Gasteiger charge is -2.18. The zero-order valence-corrected chi connectivity index (χ0v) is 10.3. The molecular weight excluding hydrogens is 260 g/mol. The third-order valence-electron chi connectivity index (χ3n) is 2.44. The number of benzene rings is 1. The van der Waals surface area contributed by atoms with E-state index in [1.165, 1.54) is 0 Å². The Labute approximate surface area is 108 Å². The zero-order valence-electron chi connectivity index (χ0n) is 10.3. The van der Waals surface area contributed by atoms with E-state index in [1.54, 1.807) is 6.92 Å². The first-order chi connectivity index (χ1) is 8.86. The summed E-state index contributed by atoms with van der Waals surface area (Å²) in [7, 11) is 0. The molecule has 5 nitrogen and oxygen atoms in total. The fourth-order valence-corrected chi connectivity index (χ4v) is 1.58. The van der Waals surface area contributed by atoms with Crippen LogP contribution >= 0.6 is 0 Å². The van der Waals surface area contributed by atoms with Crippen molar-refractivity contribution in [2.75, 3.05) is 12.3 Å². The van der Waals surface area contributed by atoms with Gasteiger partial charge in [0.15, 0.2) is 0 Å². The van der Waals surface area contributed by atoms with E-state index < -0.39 is 41.8 Å². The van der Waals surface area contributed by atoms with Gasteiger partial charge in [0.1, 0.15) is 17.7 Å². The van der Waals surface area contributed by atoms with Crippen molar-refractivity contribution in [3.63, 3.8) is 0 Å². The van der Waals surface area contributed by atoms with Gasteiger partial charge in [-0.3, -0.25) is 4.79 Å². The van der Waals surface area contributed by atoms with Gasteiger partial charge in [-0.1, -0.05) is 0 Å². The predicted octanol–water partition coefficient (Wildman–Crippen LogP) is 0.895. The molecule has 2 atom stereocenters. The van der Waals surface area contributed by atoms with Crippen molar-refractivity contribution < 1.29 is 28.5 Å². The van der Waals surface area contributed by atoms with Gasteiger partial charge < -0.3 is 20.7 Å². The van der Waals surface area contributed by atoms with Crippen molar-refractivity contribution in [2.24, 2.45) is 0 Å². The lowest BCUT2D eigenvalue weighted by atomic mass is 10.0. The molecule has 0 bridgehead atoms. The fourth-order valence-electron chi connectivity index (χ4n) is 1.58. The number of carbonyl (C=O) groups is 1. The average Bonchev–Trinajstić information content (AvgIpc) is 2.27. The number of halogens is 2. The topological polar surface area (TPSA) is 92.8 Å². The number of hydrogen-bond donors (Lipinski definition) is 3. The summed E-state index contributed by atoms with van der Waals surface area (Å²) < 4.78 is 31.6. The minimum absolute atomic E-state index is 0.103. The number of aliphatic hydroxyl groups is 2. The molecule has 0 radical (unpaired) electrons. The number of nitrogen functional groups attached to an aromatic ring is 1. The molecule has 0 aliphatic heterocycles. The highest BCUT2D eigenvalue weighted by Gasteiger charge is 2.27. The summed E-state index contributed by atoms with van der Waals surface area (Å²) in [4.78, 5) is 11.1. The number of nitrogens with two attached hydrogens (primary N) is 1. The number of ether oxygens (including phenoxy) is 1. The van der Waals surface area contributed by atoms with Gasteiger partial charge in [-0.05, 0) is 19.1 Å². The van der Waals surface area contributed by atoms with Crippen LogP contribution in [0.25, 0.3) is 0 Å². The molecule has 0 saturated carbocycles. The molecule has 0 heterocycles. The van der Waals surface area contributed by atoms with Gasteiger partial charge in [-0.2, -0.15) is 0 Å². The van der Waals surface area contributed by atoms with E-state index in [9.17, 15) is 23.8 Å². The Bertz CT molecular complexity index is 444. The van der Waals surface area contributed by atoms with Crippen LogP contribution in [0.1, 0.15) is 25.0 Å². The van der Waals surface area contributed by atoms with Crippen molar-refractivity contribution in [1.29, 1.82) is 0 Å². The average molecular weight is 275 g/mol. The summed E-state index contributed by atoms with van der Waals surface area (Å²) in [6, 6.07) is 1.64. The molecule has 0 aliphatic carbocycles. The number of rotatable bonds is 5. The third kappa shape index (κ3) is 3.87. The SMILES string of the molecule is CCOC(=O)CC(O)C(O)c1c(F)cc(N)cc1F. The highest BCUT2D eigenvalue weighted by Crippen LogP contribution is 2.26. The summed E-state index contributed by atoms with van der Waals surface area (Å²) in [5.74, 6) is -2.95. The second-order valence-electron chi connectivity index (χ2n) is 3.92. The normalized spacial score (nSPS) is 13.9. The Balaban J connectivity index is 2.88. The second kappa shape index (κ2) is 6.44. The van der Waals surface area contributed by atoms with Gasteiger partial charge in [0.05, 0.1) is 24.7 Å². The third-order valence-corrected chi connectivity index (χ3v) is 2.44. The van der Waals surface area contributed by atoms with E-state index in [0.29, 0.717) is 0 Å². The van der Waals surface area contributed by atoms with Gasteiger partial charge in [0, 0.05) is 5.69 Å². The molecule has 0 amide bonds. The molecule has 106 valence electrons. The molecule has 0 fully saturated rings. The van der Waals surface area contributed by atoms with E-state index in [4.69, 9.17) is 5.73 Å². The maximum atomic E-state index is 13.5. The molecule has 0 aliphatic rings. The number of anilines is 1. The van der Waals surface area contributed by atoms with E-state index in [2.05, 4.69) is 4.74 Å². The Morgan fingerprint density at radius 2 is 1.89 bits per heavy atom. The van der Waals surface area contributed by atoms with Crippen LogP contribution < -0.4 is 5.73 Å². The molecule has 4 N–H and O–H groups in total. The quantitative estimate of drug-likeness (QED) is 0.548. The lowest BCUT2D eigenvalue weighted by Crippen LogP contribution is -2.24. The standard InChI is InChI=1S/C12H15F2NO4/c1-2-19-10(17)5-9(16)12(18)11-7(13)3-6(15)4-8(11)14/h3-4,9,12,16,18H,2,5,15H2,1H3. The first kappa shape index (κ1) is 15.3. The van der Waals surface area contributed by atoms with Crippen LogP contribution in [0.2, 0.25) is 0 Å². The van der Waals surface area contributed by atoms with Crippen LogP contribution in [0.3, 0.4) is 0 Å². The summed E-state index contributed by atoms with van der Waals surface area (Å²) in [6.07, 6.45) is -4.13. The van der Waals surface area contributed by atoms with Gasteiger partial charge >= 0.3 is 5.97 Å². The molecule has 1 aromatic carbocycles. The van der Waals surface area contributed by atoms with Gasteiger partial charge in [0.25, 0.3) is 0 Å². The van der Waals surface area contributed by atoms with Gasteiger partial charge in [-0.25, -0.2) is 8.78 Å². The summed E-state index contributed by atoms with van der Waals surface area (Å²) in [5, 5.41) is 19.3. The van der Waals surface area contributed by atoms with Crippen molar-refractivity contribution >= 4 is 11.7 Å². The highest BCUT2D eigenvalue weighted by atomic mass is 19.1. The van der Waals surface area contributed by atoms with Crippen molar-refractivity contribution in [3.8, 4) is 0 Å². The number of hydrogen-bond acceptors (Lipinski definition) is 5. The van der Waals surface area contributed by atoms with Crippen LogP contribution in [-0.2, 0) is 9.53 Å². The molecule has 0 spiro atoms. The van der Waals surface area contributed by atoms with Crippen LogP contribution in [0.15, 0.2) is 12.1 Å². The van der Waals surface area contributed by atoms with Crippen molar-refractivity contribution in [3.05, 3.63) is 29.3 Å². The summed E-state index contributed by atoms with van der Waals surface area (Å²) in [6.45, 7) is 1.67. The molecule has 1 rings (SSSR count). The number of carbonyl (C=O) groups excluding carboxylic acids is 1. The van der Waals surface area contributed by atoms with Crippen molar-refractivity contribution in [2.45, 2.75) is 25.6 Å². The summed E-state index contributed by atoms with van der Waals surface area (Å²) >= 11 is 0. The van der Waals surface area contributed by atoms with E-state index in [1.807, 2.05) is 0 Å². The van der Waals surface area contributed by atoms with Crippen LogP contribution in [0.4, 0.5) is 14.5 Å². The second-order valence-corrected chi connectivity index (χ2v) is 3.92. The smallest absolute Gasteiger partial charge is 0.308 e. The van der Waals surface area contributed by atoms with Crippen LogP contribution in [-0.4, -0.2) is 28.9 Å². The molecule has 2 unspecified atom stereocenters. The van der Waals surface area contributed by atoms with Gasteiger partial charge in [-0.15, -0.1) is 0 Å². The predicted molar refractivity (Wildman–Crippen MR) is 63.0 cm³/mol. The minimum atomic E-state index is -1.88. The Kier molecular flexibility index (Phi) is 5.20. The van der Waals surface area contributed by atoms with E-state index >= 15 is 0 Å². The van der Waals surface area contributed by atoms with E-state index in [0.717, 1.165) is 12.1 Å². The number of esters is 1. The Morgan fingerprint density at radius 3 is 2.37 bits per heavy atom. The maximum Gasteiger partial charge on any atom is 0.308 e. The summed E-state index contributed by atoms with van der Waals surface area (Å²) in [5.41, 5.74) is 4.35. The minimum Gasteiger partial charge on any atom is -0.466 e. The highest BCUT2D eigenvalue weighted by molar-refractivity contribution is 5.70. The molecule has 7 heteroatoms. The lowest BCUT2D eigenvalue weighted by molar-refractivity contribution is -0.147. The Morgan fingerprint density at radius 1 is 1.37 bits per heavy atom.